The van der Waals surface area contributed by atoms with Crippen LogP contribution < -0.4 is 5.14 Å². The fourth-order valence-electron chi connectivity index (χ4n) is 2.85. The molecule has 2 rings (SSSR count). The van der Waals surface area contributed by atoms with Crippen molar-refractivity contribution in [1.82, 2.24) is 9.21 Å². The van der Waals surface area contributed by atoms with E-state index in [1.807, 2.05) is 0 Å². The van der Waals surface area contributed by atoms with Crippen LogP contribution in [0.5, 0.6) is 0 Å². The van der Waals surface area contributed by atoms with Crippen LogP contribution in [0.25, 0.3) is 0 Å². The van der Waals surface area contributed by atoms with Gasteiger partial charge in [0.25, 0.3) is 10.2 Å². The molecule has 0 saturated carbocycles. The van der Waals surface area contributed by atoms with Gasteiger partial charge in [-0.15, -0.1) is 0 Å². The first-order chi connectivity index (χ1) is 6.98. The molecule has 0 aromatic heterocycles. The standard InChI is InChI=1S/C9H19N3O2S/c1-11-5-2-3-8-7-12(15(10,13)14)6-4-9(8)11/h8-9H,2-7H2,1H3,(H2,10,13,14). The van der Waals surface area contributed by atoms with Gasteiger partial charge in [-0.3, -0.25) is 0 Å². The lowest BCUT2D eigenvalue weighted by Gasteiger charge is -2.44. The predicted octanol–water partition coefficient (Wildman–Crippen LogP) is -0.394. The number of rotatable bonds is 1. The van der Waals surface area contributed by atoms with Crippen molar-refractivity contribution in [2.24, 2.45) is 11.1 Å². The summed E-state index contributed by atoms with van der Waals surface area (Å²) in [6.07, 6.45) is 3.20. The number of hydrogen-bond donors (Lipinski definition) is 1. The van der Waals surface area contributed by atoms with Gasteiger partial charge >= 0.3 is 0 Å². The van der Waals surface area contributed by atoms with Crippen LogP contribution in [0.1, 0.15) is 19.3 Å². The first-order valence-corrected chi connectivity index (χ1v) is 6.97. The zero-order valence-electron chi connectivity index (χ0n) is 9.09. The Balaban J connectivity index is 2.06. The molecule has 2 N–H and O–H groups in total. The Hall–Kier alpha value is -0.170. The van der Waals surface area contributed by atoms with E-state index in [1.54, 1.807) is 0 Å². The van der Waals surface area contributed by atoms with Gasteiger partial charge in [-0.2, -0.15) is 12.7 Å². The summed E-state index contributed by atoms with van der Waals surface area (Å²) in [5, 5.41) is 5.15. The second kappa shape index (κ2) is 4.01. The molecule has 88 valence electrons. The first-order valence-electron chi connectivity index (χ1n) is 5.46. The normalized spacial score (nSPS) is 35.1. The smallest absolute Gasteiger partial charge is 0.276 e. The molecule has 2 heterocycles. The van der Waals surface area contributed by atoms with E-state index in [0.29, 0.717) is 25.0 Å². The molecular formula is C9H19N3O2S. The van der Waals surface area contributed by atoms with E-state index in [0.717, 1.165) is 25.8 Å². The molecule has 2 unspecified atom stereocenters. The van der Waals surface area contributed by atoms with Gasteiger partial charge in [0.2, 0.25) is 0 Å². The lowest BCUT2D eigenvalue weighted by Crippen LogP contribution is -2.54. The molecule has 2 fully saturated rings. The van der Waals surface area contributed by atoms with Crippen molar-refractivity contribution in [1.29, 1.82) is 0 Å². The maximum absolute atomic E-state index is 11.2. The van der Waals surface area contributed by atoms with Gasteiger partial charge in [-0.05, 0) is 38.8 Å². The largest absolute Gasteiger partial charge is 0.303 e. The highest BCUT2D eigenvalue weighted by molar-refractivity contribution is 7.86. The molecule has 6 heteroatoms. The highest BCUT2D eigenvalue weighted by Crippen LogP contribution is 2.29. The predicted molar refractivity (Wildman–Crippen MR) is 58.4 cm³/mol. The zero-order valence-corrected chi connectivity index (χ0v) is 9.91. The van der Waals surface area contributed by atoms with Crippen LogP contribution in [0.15, 0.2) is 0 Å². The quantitative estimate of drug-likeness (QED) is 0.670. The van der Waals surface area contributed by atoms with E-state index < -0.39 is 10.2 Å². The van der Waals surface area contributed by atoms with Crippen LogP contribution in [-0.2, 0) is 10.2 Å². The summed E-state index contributed by atoms with van der Waals surface area (Å²) in [6, 6.07) is 0.553. The summed E-state index contributed by atoms with van der Waals surface area (Å²) in [5.41, 5.74) is 0. The summed E-state index contributed by atoms with van der Waals surface area (Å²) >= 11 is 0. The third kappa shape index (κ3) is 2.33. The molecule has 0 aromatic carbocycles. The van der Waals surface area contributed by atoms with Crippen LogP contribution in [-0.4, -0.2) is 50.3 Å². The number of fused-ring (bicyclic) bond motifs is 1. The molecule has 0 amide bonds. The number of likely N-dealkylation sites (tertiary alicyclic amines) is 1. The van der Waals surface area contributed by atoms with E-state index in [4.69, 9.17) is 5.14 Å². The van der Waals surface area contributed by atoms with Gasteiger partial charge in [0.05, 0.1) is 0 Å². The third-order valence-electron chi connectivity index (χ3n) is 3.67. The van der Waals surface area contributed by atoms with Crippen molar-refractivity contribution < 1.29 is 8.42 Å². The van der Waals surface area contributed by atoms with E-state index in [2.05, 4.69) is 11.9 Å². The average Bonchev–Trinajstić information content (AvgIpc) is 2.16. The van der Waals surface area contributed by atoms with Crippen LogP contribution in [0.4, 0.5) is 0 Å². The Labute approximate surface area is 91.4 Å². The van der Waals surface area contributed by atoms with E-state index >= 15 is 0 Å². The number of hydrogen-bond acceptors (Lipinski definition) is 3. The molecule has 0 radical (unpaired) electrons. The van der Waals surface area contributed by atoms with Crippen molar-refractivity contribution >= 4 is 10.2 Å². The monoisotopic (exact) mass is 233 g/mol. The van der Waals surface area contributed by atoms with E-state index in [-0.39, 0.29) is 0 Å². The molecular weight excluding hydrogens is 214 g/mol. The Kier molecular flexibility index (Phi) is 3.03. The van der Waals surface area contributed by atoms with Crippen molar-refractivity contribution in [3.8, 4) is 0 Å². The van der Waals surface area contributed by atoms with Crippen molar-refractivity contribution in [3.05, 3.63) is 0 Å². The Morgan fingerprint density at radius 1 is 1.27 bits per heavy atom. The summed E-state index contributed by atoms with van der Waals surface area (Å²) in [4.78, 5) is 2.36. The molecule has 0 aromatic rings. The minimum atomic E-state index is -3.48. The molecule has 2 saturated heterocycles. The van der Waals surface area contributed by atoms with Crippen LogP contribution >= 0.6 is 0 Å². The average molecular weight is 233 g/mol. The summed E-state index contributed by atoms with van der Waals surface area (Å²) in [7, 11) is -1.35. The summed E-state index contributed by atoms with van der Waals surface area (Å²) < 4.78 is 23.9. The van der Waals surface area contributed by atoms with Crippen molar-refractivity contribution in [2.45, 2.75) is 25.3 Å². The van der Waals surface area contributed by atoms with Crippen LogP contribution in [0.2, 0.25) is 0 Å². The van der Waals surface area contributed by atoms with E-state index in [1.165, 1.54) is 4.31 Å². The number of nitrogens with two attached hydrogens (primary N) is 1. The molecule has 2 atom stereocenters. The van der Waals surface area contributed by atoms with Gasteiger partial charge in [-0.25, -0.2) is 5.14 Å². The Morgan fingerprint density at radius 3 is 2.67 bits per heavy atom. The Morgan fingerprint density at radius 2 is 2.00 bits per heavy atom. The van der Waals surface area contributed by atoms with Crippen LogP contribution in [0.3, 0.4) is 0 Å². The zero-order chi connectivity index (χ0) is 11.1. The molecule has 5 nitrogen and oxygen atoms in total. The number of piperidine rings is 2. The third-order valence-corrected chi connectivity index (χ3v) is 4.72. The van der Waals surface area contributed by atoms with Crippen molar-refractivity contribution in [3.63, 3.8) is 0 Å². The fourth-order valence-corrected chi connectivity index (χ4v) is 3.61. The maximum Gasteiger partial charge on any atom is 0.276 e. The van der Waals surface area contributed by atoms with Gasteiger partial charge in [0.15, 0.2) is 0 Å². The Bertz CT molecular complexity index is 330. The van der Waals surface area contributed by atoms with Gasteiger partial charge in [0.1, 0.15) is 0 Å². The van der Waals surface area contributed by atoms with Crippen molar-refractivity contribution in [2.75, 3.05) is 26.7 Å². The molecule has 0 bridgehead atoms. The molecule has 0 aliphatic carbocycles. The minimum Gasteiger partial charge on any atom is -0.303 e. The van der Waals surface area contributed by atoms with Gasteiger partial charge < -0.3 is 4.90 Å². The second-order valence-electron chi connectivity index (χ2n) is 4.64. The van der Waals surface area contributed by atoms with Crippen LogP contribution in [0, 0.1) is 5.92 Å². The minimum absolute atomic E-state index is 0.468. The molecule has 15 heavy (non-hydrogen) atoms. The first kappa shape index (κ1) is 11.3. The summed E-state index contributed by atoms with van der Waals surface area (Å²) in [5.74, 6) is 0.468. The lowest BCUT2D eigenvalue weighted by atomic mass is 9.85. The highest BCUT2D eigenvalue weighted by Gasteiger charge is 2.36. The topological polar surface area (TPSA) is 66.6 Å². The molecule has 2 aliphatic heterocycles. The number of nitrogens with zero attached hydrogens (tertiary/aromatic N) is 2. The van der Waals surface area contributed by atoms with Gasteiger partial charge in [-0.1, -0.05) is 0 Å². The second-order valence-corrected chi connectivity index (χ2v) is 6.19. The fraction of sp³-hybridized carbons (Fsp3) is 1.00. The van der Waals surface area contributed by atoms with E-state index in [9.17, 15) is 8.42 Å². The highest BCUT2D eigenvalue weighted by atomic mass is 32.2. The maximum atomic E-state index is 11.2. The molecule has 0 spiro atoms. The summed E-state index contributed by atoms with van der Waals surface area (Å²) in [6.45, 7) is 2.31. The van der Waals surface area contributed by atoms with Gasteiger partial charge in [0, 0.05) is 19.1 Å². The lowest BCUT2D eigenvalue weighted by molar-refractivity contribution is 0.0671. The molecule has 2 aliphatic rings. The SMILES string of the molecule is CN1CCCC2CN(S(N)(=O)=O)CCC21.